The van der Waals surface area contributed by atoms with Crippen LogP contribution < -0.4 is 5.32 Å². The van der Waals surface area contributed by atoms with Crippen LogP contribution in [0.15, 0.2) is 0 Å². The maximum Gasteiger partial charge on any atom is 0.460 e. The molecule has 13 heteroatoms. The molecule has 1 amide bonds. The molecule has 1 N–H and O–H groups in total. The predicted molar refractivity (Wildman–Crippen MR) is 98.1 cm³/mol. The summed E-state index contributed by atoms with van der Waals surface area (Å²) in [6.45, 7) is 5.98. The Balaban J connectivity index is 2.38. The van der Waals surface area contributed by atoms with Crippen LogP contribution in [0.1, 0.15) is 49.6 Å². The van der Waals surface area contributed by atoms with Crippen molar-refractivity contribution in [3.63, 3.8) is 0 Å². The van der Waals surface area contributed by atoms with Crippen molar-refractivity contribution >= 4 is 22.2 Å². The molecule has 1 aliphatic carbocycles. The van der Waals surface area contributed by atoms with Gasteiger partial charge in [0.25, 0.3) is 0 Å². The largest absolute Gasteiger partial charge is 0.460 e. The zero-order chi connectivity index (χ0) is 24.9. The first-order chi connectivity index (χ1) is 14.3. The molecule has 3 nitrogen and oxygen atoms in total. The van der Waals surface area contributed by atoms with E-state index >= 15 is 0 Å². The van der Waals surface area contributed by atoms with Crippen molar-refractivity contribution in [1.29, 1.82) is 5.26 Å². The summed E-state index contributed by atoms with van der Waals surface area (Å²) in [4.78, 5) is 12.3. The van der Waals surface area contributed by atoms with E-state index in [1.807, 2.05) is 20.8 Å². The lowest BCUT2D eigenvalue weighted by atomic mass is 9.69. The van der Waals surface area contributed by atoms with E-state index in [0.29, 0.717) is 41.0 Å². The molecule has 1 atom stereocenters. The fourth-order valence-corrected chi connectivity index (χ4v) is 4.72. The lowest BCUT2D eigenvalue weighted by Gasteiger charge is -2.36. The number of nitrogens with one attached hydrogen (secondary N) is 1. The molecule has 0 unspecified atom stereocenters. The average Bonchev–Trinajstić information content (AvgIpc) is 3.02. The summed E-state index contributed by atoms with van der Waals surface area (Å²) in [7, 11) is 0. The van der Waals surface area contributed by atoms with Gasteiger partial charge >= 0.3 is 29.9 Å². The van der Waals surface area contributed by atoms with Gasteiger partial charge < -0.3 is 5.32 Å². The Morgan fingerprint density at radius 3 is 2.12 bits per heavy atom. The number of halogens is 9. The van der Waals surface area contributed by atoms with E-state index in [4.69, 9.17) is 0 Å². The molecule has 1 aromatic rings. The smallest absolute Gasteiger partial charge is 0.311 e. The molecule has 180 valence electrons. The molecule has 0 fully saturated rings. The van der Waals surface area contributed by atoms with Gasteiger partial charge in [0.1, 0.15) is 11.1 Å². The van der Waals surface area contributed by atoms with Crippen molar-refractivity contribution in [3.8, 4) is 6.07 Å². The Labute approximate surface area is 181 Å². The van der Waals surface area contributed by atoms with Gasteiger partial charge in [-0.1, -0.05) is 27.2 Å². The van der Waals surface area contributed by atoms with Crippen LogP contribution in [0.3, 0.4) is 0 Å². The number of fused-ring (bicyclic) bond motifs is 1. The molecule has 0 radical (unpaired) electrons. The first kappa shape index (κ1) is 26.3. The highest BCUT2D eigenvalue weighted by molar-refractivity contribution is 7.16. The summed E-state index contributed by atoms with van der Waals surface area (Å²) in [5, 5.41) is 10.0. The molecule has 0 bridgehead atoms. The quantitative estimate of drug-likeness (QED) is 0.455. The van der Waals surface area contributed by atoms with E-state index in [2.05, 4.69) is 0 Å². The first-order valence-electron chi connectivity index (χ1n) is 9.41. The fraction of sp³-hybridized carbons (Fsp3) is 0.684. The minimum atomic E-state index is -7.17. The summed E-state index contributed by atoms with van der Waals surface area (Å²) in [6.07, 6.45) is -4.86. The van der Waals surface area contributed by atoms with Gasteiger partial charge in [0.15, 0.2) is 0 Å². The van der Waals surface area contributed by atoms with E-state index in [-0.39, 0.29) is 16.9 Å². The molecular formula is C19H19F9N2OS. The second kappa shape index (κ2) is 8.11. The van der Waals surface area contributed by atoms with Crippen molar-refractivity contribution < 1.29 is 44.3 Å². The first-order valence-corrected chi connectivity index (χ1v) is 10.2. The molecule has 1 aliphatic rings. The molecule has 0 saturated heterocycles. The van der Waals surface area contributed by atoms with Crippen molar-refractivity contribution in [2.45, 2.75) is 70.4 Å². The van der Waals surface area contributed by atoms with Gasteiger partial charge in [-0.25, -0.2) is 0 Å². The normalized spacial score (nSPS) is 18.2. The molecule has 2 rings (SSSR count). The Bertz CT molecular complexity index is 928. The number of thiophene rings is 1. The van der Waals surface area contributed by atoms with Gasteiger partial charge in [-0.2, -0.15) is 44.8 Å². The topological polar surface area (TPSA) is 52.9 Å². The second-order valence-electron chi connectivity index (χ2n) is 8.28. The third kappa shape index (κ3) is 4.06. The molecule has 0 spiro atoms. The minimum Gasteiger partial charge on any atom is -0.311 e. The van der Waals surface area contributed by atoms with Crippen LogP contribution in [0, 0.1) is 22.7 Å². The Hall–Kier alpha value is -1.97. The second-order valence-corrected chi connectivity index (χ2v) is 9.38. The number of nitriles is 1. The predicted octanol–water partition coefficient (Wildman–Crippen LogP) is 6.57. The number of rotatable bonds is 6. The van der Waals surface area contributed by atoms with E-state index in [1.165, 1.54) is 5.32 Å². The van der Waals surface area contributed by atoms with E-state index in [1.54, 1.807) is 6.07 Å². The lowest BCUT2D eigenvalue weighted by molar-refractivity contribution is -0.388. The SMILES string of the molecule is CCC(C)(C)[C@H]1CCc2c(sc(NC(=O)C(F)(F)C(F)(F)C(F)(F)C(F)(F)F)c2C#N)C1. The molecule has 0 aromatic carbocycles. The number of alkyl halides is 9. The number of anilines is 1. The van der Waals surface area contributed by atoms with Gasteiger partial charge in [-0.15, -0.1) is 11.3 Å². The highest BCUT2D eigenvalue weighted by Gasteiger charge is 2.83. The minimum absolute atomic E-state index is 0.115. The zero-order valence-electron chi connectivity index (χ0n) is 17.1. The fourth-order valence-electron chi connectivity index (χ4n) is 3.45. The number of amides is 1. The zero-order valence-corrected chi connectivity index (χ0v) is 17.9. The Morgan fingerprint density at radius 1 is 1.09 bits per heavy atom. The maximum atomic E-state index is 13.9. The van der Waals surface area contributed by atoms with Gasteiger partial charge in [0.05, 0.1) is 5.56 Å². The molecule has 1 aromatic heterocycles. The van der Waals surface area contributed by atoms with E-state index < -0.39 is 34.9 Å². The van der Waals surface area contributed by atoms with Crippen molar-refractivity contribution in [3.05, 3.63) is 16.0 Å². The van der Waals surface area contributed by atoms with Gasteiger partial charge in [0.2, 0.25) is 0 Å². The van der Waals surface area contributed by atoms with Crippen LogP contribution in [0.25, 0.3) is 0 Å². The van der Waals surface area contributed by atoms with E-state index in [0.717, 1.165) is 6.42 Å². The van der Waals surface area contributed by atoms with Crippen molar-refractivity contribution in [2.24, 2.45) is 11.3 Å². The summed E-state index contributed by atoms with van der Waals surface area (Å²) in [5.41, 5.74) is -0.00431. The number of carbonyl (C=O) groups is 1. The molecular weight excluding hydrogens is 475 g/mol. The molecule has 0 aliphatic heterocycles. The number of nitrogens with zero attached hydrogens (tertiary/aromatic N) is 1. The van der Waals surface area contributed by atoms with Crippen LogP contribution in [-0.2, 0) is 17.6 Å². The van der Waals surface area contributed by atoms with Crippen LogP contribution >= 0.6 is 11.3 Å². The lowest BCUT2D eigenvalue weighted by Crippen LogP contribution is -2.64. The average molecular weight is 494 g/mol. The Kier molecular flexibility index (Phi) is 6.66. The summed E-state index contributed by atoms with van der Waals surface area (Å²) < 4.78 is 118. The van der Waals surface area contributed by atoms with Gasteiger partial charge in [0, 0.05) is 4.88 Å². The van der Waals surface area contributed by atoms with Crippen LogP contribution in [0.2, 0.25) is 0 Å². The molecule has 32 heavy (non-hydrogen) atoms. The van der Waals surface area contributed by atoms with Crippen molar-refractivity contribution in [2.75, 3.05) is 5.32 Å². The van der Waals surface area contributed by atoms with Crippen LogP contribution in [-0.4, -0.2) is 29.9 Å². The maximum absolute atomic E-state index is 13.9. The highest BCUT2D eigenvalue weighted by atomic mass is 32.1. The molecule has 1 heterocycles. The number of hydrogen-bond acceptors (Lipinski definition) is 3. The van der Waals surface area contributed by atoms with Crippen LogP contribution in [0.4, 0.5) is 44.5 Å². The number of hydrogen-bond donors (Lipinski definition) is 1. The monoisotopic (exact) mass is 494 g/mol. The standard InChI is InChI=1S/C19H19F9N2OS/c1-4-15(2,3)9-5-6-10-11(8-29)13(32-12(10)7-9)30-14(31)16(20,21)17(22,23)18(24,25)19(26,27)28/h9H,4-7H2,1-3H3,(H,30,31)/t9-/m0/s1. The Morgan fingerprint density at radius 2 is 1.66 bits per heavy atom. The van der Waals surface area contributed by atoms with Gasteiger partial charge in [-0.3, -0.25) is 4.79 Å². The van der Waals surface area contributed by atoms with Crippen molar-refractivity contribution in [1.82, 2.24) is 0 Å². The third-order valence-corrected chi connectivity index (χ3v) is 7.22. The molecule has 0 saturated carbocycles. The van der Waals surface area contributed by atoms with E-state index in [9.17, 15) is 49.6 Å². The third-order valence-electron chi connectivity index (χ3n) is 6.05. The van der Waals surface area contributed by atoms with Crippen LogP contribution in [0.5, 0.6) is 0 Å². The number of carbonyl (C=O) groups excluding carboxylic acids is 1. The summed E-state index contributed by atoms with van der Waals surface area (Å²) in [5.74, 6) is -23.6. The highest BCUT2D eigenvalue weighted by Crippen LogP contribution is 2.53. The van der Waals surface area contributed by atoms with Gasteiger partial charge in [-0.05, 0) is 36.2 Å². The summed E-state index contributed by atoms with van der Waals surface area (Å²) in [6, 6.07) is 1.66. The summed E-state index contributed by atoms with van der Waals surface area (Å²) >= 11 is 0.643.